The van der Waals surface area contributed by atoms with E-state index in [0.717, 1.165) is 6.42 Å². The number of benzene rings is 8. The molecule has 0 bridgehead atoms. The van der Waals surface area contributed by atoms with E-state index in [9.17, 15) is 0 Å². The summed E-state index contributed by atoms with van der Waals surface area (Å²) < 4.78 is 0. The third-order valence-corrected chi connectivity index (χ3v) is 25.7. The maximum Gasteiger partial charge on any atom is 0.333 e. The van der Waals surface area contributed by atoms with Crippen LogP contribution in [0.2, 0.25) is 0 Å². The van der Waals surface area contributed by atoms with Gasteiger partial charge in [0.25, 0.3) is 0 Å². The fraction of sp³-hybridized carbons (Fsp3) is 0.364. The van der Waals surface area contributed by atoms with E-state index in [4.69, 9.17) is 0 Å². The summed E-state index contributed by atoms with van der Waals surface area (Å²) in [6.45, 7) is 37.0. The Morgan fingerprint density at radius 1 is 0.424 bits per heavy atom. The Morgan fingerprint density at radius 2 is 0.967 bits per heavy atom. The van der Waals surface area contributed by atoms with Crippen LogP contribution >= 0.6 is 0 Å². The molecule has 0 N–H and O–H groups in total. The largest absolute Gasteiger partial charge is 0.376 e. The molecule has 8 aromatic rings. The maximum absolute atomic E-state index is 2.85. The minimum Gasteiger partial charge on any atom is -0.376 e. The standard InChI is InChI=1S/C88H92BN3/c1-53-45-54(2)79(55(3)46-53)56-47-64-63-35-31-59(90(57-32-36-67-72(49-57)85(10,11)42-39-82(67,4)5)58-33-37-68-73(50-58)86(12,13)43-40-83(68,6)7)52-77(63)92(60-34-38-69-74(51-60)87(14,15)44-41-84(69,8)9)89-75-29-22-28-71-81(75)91(78(48-56)80(64)89)76-30-21-20-27-70(76)88(71)65-25-18-16-23-61(65)62-24-17-19-26-66(62)88/h16-38,45-52,67-68,72-73H,39-44H2,1-15H3. The number of rotatable bonds is 5. The Bertz CT molecular complexity index is 4510. The maximum atomic E-state index is 2.85. The van der Waals surface area contributed by atoms with Gasteiger partial charge >= 0.3 is 6.85 Å². The lowest BCUT2D eigenvalue weighted by Gasteiger charge is -2.53. The van der Waals surface area contributed by atoms with Crippen molar-refractivity contribution in [2.75, 3.05) is 14.6 Å². The number of para-hydroxylation sites is 2. The van der Waals surface area contributed by atoms with Gasteiger partial charge in [0.15, 0.2) is 0 Å². The van der Waals surface area contributed by atoms with Crippen molar-refractivity contribution in [1.29, 1.82) is 0 Å². The van der Waals surface area contributed by atoms with E-state index in [1.165, 1.54) is 172 Å². The fourth-order valence-corrected chi connectivity index (χ4v) is 20.4. The first-order valence-electron chi connectivity index (χ1n) is 35.0. The molecular weight excluding hydrogens is 1110 g/mol. The van der Waals surface area contributed by atoms with Crippen molar-refractivity contribution in [3.63, 3.8) is 0 Å². The number of hydrogen-bond donors (Lipinski definition) is 0. The smallest absolute Gasteiger partial charge is 0.333 e. The molecule has 0 radical (unpaired) electrons. The predicted octanol–water partition coefficient (Wildman–Crippen LogP) is 21.9. The lowest BCUT2D eigenvalue weighted by molar-refractivity contribution is 0.0320. The second-order valence-electron chi connectivity index (χ2n) is 33.9. The molecule has 17 rings (SSSR count). The number of fused-ring (bicyclic) bond motifs is 16. The molecule has 6 aliphatic carbocycles. The summed E-state index contributed by atoms with van der Waals surface area (Å²) in [6.07, 6.45) is 23.0. The molecule has 0 amide bonds. The molecule has 8 aromatic carbocycles. The molecule has 2 fully saturated rings. The van der Waals surface area contributed by atoms with Gasteiger partial charge in [-0.25, -0.2) is 0 Å². The minimum absolute atomic E-state index is 0.00724. The van der Waals surface area contributed by atoms with Gasteiger partial charge in [-0.3, -0.25) is 0 Å². The zero-order valence-corrected chi connectivity index (χ0v) is 57.4. The number of hydrogen-bond acceptors (Lipinski definition) is 3. The molecular formula is C88H92BN3. The summed E-state index contributed by atoms with van der Waals surface area (Å²) in [7, 11) is 0. The van der Waals surface area contributed by atoms with E-state index in [1.54, 1.807) is 0 Å². The van der Waals surface area contributed by atoms with E-state index in [2.05, 4.69) is 307 Å². The van der Waals surface area contributed by atoms with Crippen molar-refractivity contribution in [3.05, 3.63) is 250 Å². The SMILES string of the molecule is Cc1cc(C)c(-c2cc3c4c(c2)N2c5ccccc5C5(c6ccccc6-c6ccccc65)c5cccc(c52)B4N(c2ccc4c(c2)C(C)(C)CCC4(C)C)c2cc(N(C4=CC5C(C=C4)C(C)(C)CCC5(C)C)C4=CC5C(C=C4)C(C)(C)CCC5(C)C)ccc2-3)c(C)c1. The van der Waals surface area contributed by atoms with Crippen LogP contribution in [0.1, 0.15) is 172 Å². The Hall–Kier alpha value is -7.82. The molecule has 1 spiro atoms. The summed E-state index contributed by atoms with van der Waals surface area (Å²) in [6, 6.07) is 61.0. The van der Waals surface area contributed by atoms with Crippen molar-refractivity contribution in [2.45, 2.75) is 159 Å². The van der Waals surface area contributed by atoms with E-state index in [1.807, 2.05) is 0 Å². The summed E-state index contributed by atoms with van der Waals surface area (Å²) in [5, 5.41) is 0. The van der Waals surface area contributed by atoms with Gasteiger partial charge in [-0.15, -0.1) is 0 Å². The zero-order chi connectivity index (χ0) is 63.7. The number of nitrogens with zero attached hydrogens (tertiary/aromatic N) is 3. The summed E-state index contributed by atoms with van der Waals surface area (Å²) in [5.74, 6) is 1.73. The normalized spacial score (nSPS) is 23.9. The van der Waals surface area contributed by atoms with Gasteiger partial charge in [0, 0.05) is 45.4 Å². The molecule has 462 valence electrons. The van der Waals surface area contributed by atoms with Crippen LogP contribution in [-0.4, -0.2) is 6.85 Å². The summed E-state index contributed by atoms with van der Waals surface area (Å²) in [5.41, 5.74) is 33.1. The lowest BCUT2D eigenvalue weighted by Crippen LogP contribution is -2.62. The van der Waals surface area contributed by atoms with E-state index >= 15 is 0 Å². The Kier molecular flexibility index (Phi) is 12.2. The lowest BCUT2D eigenvalue weighted by atomic mass is 9.42. The van der Waals surface area contributed by atoms with Gasteiger partial charge in [0.1, 0.15) is 0 Å². The number of aryl methyl sites for hydroxylation is 3. The van der Waals surface area contributed by atoms with Crippen LogP contribution in [0, 0.1) is 66.1 Å². The Labute approximate surface area is 550 Å². The van der Waals surface area contributed by atoms with Crippen LogP contribution in [0.5, 0.6) is 0 Å². The van der Waals surface area contributed by atoms with Crippen molar-refractivity contribution in [1.82, 2.24) is 0 Å². The van der Waals surface area contributed by atoms with Crippen LogP contribution in [0.15, 0.2) is 200 Å². The molecule has 3 nitrogen and oxygen atoms in total. The predicted molar refractivity (Wildman–Crippen MR) is 390 cm³/mol. The molecule has 9 aliphatic rings. The molecule has 3 heterocycles. The molecule has 0 saturated heterocycles. The van der Waals surface area contributed by atoms with Gasteiger partial charge in [-0.05, 0) is 253 Å². The van der Waals surface area contributed by atoms with Crippen molar-refractivity contribution >= 4 is 51.9 Å². The molecule has 3 aliphatic heterocycles. The first-order chi connectivity index (χ1) is 43.8. The minimum atomic E-state index is -0.565. The second-order valence-corrected chi connectivity index (χ2v) is 33.9. The van der Waals surface area contributed by atoms with Crippen molar-refractivity contribution in [2.24, 2.45) is 45.3 Å². The third-order valence-electron chi connectivity index (χ3n) is 25.7. The Balaban J connectivity index is 0.983. The van der Waals surface area contributed by atoms with Gasteiger partial charge in [0.2, 0.25) is 0 Å². The van der Waals surface area contributed by atoms with Crippen LogP contribution in [-0.2, 0) is 16.2 Å². The topological polar surface area (TPSA) is 9.72 Å². The Morgan fingerprint density at radius 3 is 1.58 bits per heavy atom. The second kappa shape index (κ2) is 19.4. The monoisotopic (exact) mass is 1200 g/mol. The summed E-state index contributed by atoms with van der Waals surface area (Å²) in [4.78, 5) is 8.29. The van der Waals surface area contributed by atoms with Crippen LogP contribution in [0.3, 0.4) is 0 Å². The van der Waals surface area contributed by atoms with Crippen LogP contribution in [0.25, 0.3) is 33.4 Å². The quantitative estimate of drug-likeness (QED) is 0.159. The highest BCUT2D eigenvalue weighted by Gasteiger charge is 2.57. The fourth-order valence-electron chi connectivity index (χ4n) is 20.4. The third kappa shape index (κ3) is 8.00. The highest BCUT2D eigenvalue weighted by atomic mass is 15.2. The average molecular weight is 1200 g/mol. The molecule has 0 aromatic heterocycles. The first-order valence-corrected chi connectivity index (χ1v) is 35.0. The number of allylic oxidation sites excluding steroid dienone is 6. The zero-order valence-electron chi connectivity index (χ0n) is 57.4. The number of anilines is 6. The van der Waals surface area contributed by atoms with Gasteiger partial charge in [-0.1, -0.05) is 222 Å². The first kappa shape index (κ1) is 58.0. The molecule has 4 unspecified atom stereocenters. The average Bonchev–Trinajstić information content (AvgIpc) is 1.56. The van der Waals surface area contributed by atoms with Gasteiger partial charge < -0.3 is 14.6 Å². The van der Waals surface area contributed by atoms with Gasteiger partial charge in [-0.2, -0.15) is 0 Å². The molecule has 2 saturated carbocycles. The van der Waals surface area contributed by atoms with E-state index in [-0.39, 0.29) is 39.3 Å². The van der Waals surface area contributed by atoms with Crippen LogP contribution in [0.4, 0.5) is 34.1 Å². The van der Waals surface area contributed by atoms with E-state index in [0.29, 0.717) is 23.7 Å². The van der Waals surface area contributed by atoms with Gasteiger partial charge in [0.05, 0.1) is 11.1 Å². The van der Waals surface area contributed by atoms with Crippen molar-refractivity contribution < 1.29 is 0 Å². The molecule has 4 heteroatoms. The summed E-state index contributed by atoms with van der Waals surface area (Å²) >= 11 is 0. The van der Waals surface area contributed by atoms with Crippen LogP contribution < -0.4 is 25.5 Å². The van der Waals surface area contributed by atoms with Crippen molar-refractivity contribution in [3.8, 4) is 33.4 Å². The molecule has 4 atom stereocenters. The van der Waals surface area contributed by atoms with E-state index < -0.39 is 5.41 Å². The highest BCUT2D eigenvalue weighted by Crippen LogP contribution is 2.65. The highest BCUT2D eigenvalue weighted by molar-refractivity contribution is 6.93. The molecule has 92 heavy (non-hydrogen) atoms.